The lowest BCUT2D eigenvalue weighted by molar-refractivity contribution is -0.141. The highest BCUT2D eigenvalue weighted by atomic mass is 19.4. The molecule has 142 valence electrons. The van der Waals surface area contributed by atoms with E-state index in [9.17, 15) is 18.0 Å². The van der Waals surface area contributed by atoms with Crippen molar-refractivity contribution in [2.24, 2.45) is 7.05 Å². The van der Waals surface area contributed by atoms with Crippen LogP contribution in [0.5, 0.6) is 0 Å². The van der Waals surface area contributed by atoms with Crippen LogP contribution in [-0.4, -0.2) is 50.7 Å². The second kappa shape index (κ2) is 7.10. The number of imidazole rings is 1. The number of likely N-dealkylation sites (N-methyl/N-ethyl adjacent to an activating group) is 1. The second-order valence-electron chi connectivity index (χ2n) is 6.45. The number of piperidine rings is 1. The van der Waals surface area contributed by atoms with Gasteiger partial charge in [-0.3, -0.25) is 9.48 Å². The normalized spacial score (nSPS) is 17.5. The quantitative estimate of drug-likeness (QED) is 0.861. The zero-order valence-corrected chi connectivity index (χ0v) is 14.5. The van der Waals surface area contributed by atoms with Crippen LogP contribution < -0.4 is 5.32 Å². The molecular formula is C16H21F3N6O. The lowest BCUT2D eigenvalue weighted by Gasteiger charge is -2.33. The Morgan fingerprint density at radius 3 is 2.54 bits per heavy atom. The van der Waals surface area contributed by atoms with Gasteiger partial charge in [0.15, 0.2) is 0 Å². The van der Waals surface area contributed by atoms with E-state index in [4.69, 9.17) is 0 Å². The van der Waals surface area contributed by atoms with Gasteiger partial charge in [-0.15, -0.1) is 0 Å². The Morgan fingerprint density at radius 2 is 2.04 bits per heavy atom. The number of hydrogen-bond donors (Lipinski definition) is 2. The highest BCUT2D eigenvalue weighted by molar-refractivity contribution is 5.83. The van der Waals surface area contributed by atoms with Gasteiger partial charge in [0.1, 0.15) is 17.6 Å². The first-order valence-electron chi connectivity index (χ1n) is 8.36. The summed E-state index contributed by atoms with van der Waals surface area (Å²) in [5.74, 6) is 0.165. The fourth-order valence-electron chi connectivity index (χ4n) is 3.27. The molecule has 0 bridgehead atoms. The molecule has 0 aromatic carbocycles. The minimum atomic E-state index is -4.42. The largest absolute Gasteiger partial charge is 0.432 e. The monoisotopic (exact) mass is 370 g/mol. The standard InChI is InChI=1S/C16H21F3N6O/c1-20-13(11-7-22-24(2)9-11)15(26)25-5-3-10(4-6-25)14-21-8-12(23-14)16(17,18)19/h7-10,13,20H,3-6H2,1-2H3,(H,21,23). The van der Waals surface area contributed by atoms with E-state index in [1.165, 1.54) is 0 Å². The number of aryl methyl sites for hydroxylation is 1. The smallest absolute Gasteiger partial charge is 0.341 e. The molecular weight excluding hydrogens is 349 g/mol. The molecule has 2 aromatic heterocycles. The molecule has 2 aromatic rings. The topological polar surface area (TPSA) is 78.8 Å². The highest BCUT2D eigenvalue weighted by Crippen LogP contribution is 2.32. The number of rotatable bonds is 4. The number of likely N-dealkylation sites (tertiary alicyclic amines) is 1. The van der Waals surface area contributed by atoms with Gasteiger partial charge in [0.05, 0.1) is 12.4 Å². The average molecular weight is 370 g/mol. The van der Waals surface area contributed by atoms with Crippen molar-refractivity contribution in [2.75, 3.05) is 20.1 Å². The molecule has 10 heteroatoms. The number of aromatic amines is 1. The Hall–Kier alpha value is -2.36. The number of nitrogens with zero attached hydrogens (tertiary/aromatic N) is 4. The van der Waals surface area contributed by atoms with E-state index < -0.39 is 17.9 Å². The number of carbonyl (C=O) groups excluding carboxylic acids is 1. The molecule has 0 saturated carbocycles. The van der Waals surface area contributed by atoms with Crippen molar-refractivity contribution in [3.8, 4) is 0 Å². The van der Waals surface area contributed by atoms with Crippen molar-refractivity contribution in [1.29, 1.82) is 0 Å². The van der Waals surface area contributed by atoms with Crippen LogP contribution in [0.4, 0.5) is 13.2 Å². The van der Waals surface area contributed by atoms with Crippen molar-refractivity contribution in [1.82, 2.24) is 30.0 Å². The fourth-order valence-corrected chi connectivity index (χ4v) is 3.27. The molecule has 0 aliphatic carbocycles. The summed E-state index contributed by atoms with van der Waals surface area (Å²) in [7, 11) is 3.49. The summed E-state index contributed by atoms with van der Waals surface area (Å²) in [4.78, 5) is 20.7. The van der Waals surface area contributed by atoms with Crippen molar-refractivity contribution in [3.63, 3.8) is 0 Å². The molecule has 3 heterocycles. The third kappa shape index (κ3) is 3.74. The fraction of sp³-hybridized carbons (Fsp3) is 0.562. The van der Waals surface area contributed by atoms with Crippen LogP contribution in [0.25, 0.3) is 0 Å². The summed E-state index contributed by atoms with van der Waals surface area (Å²) in [5, 5.41) is 7.09. The number of carbonyl (C=O) groups is 1. The zero-order valence-electron chi connectivity index (χ0n) is 14.5. The van der Waals surface area contributed by atoms with Crippen molar-refractivity contribution >= 4 is 5.91 Å². The molecule has 0 spiro atoms. The third-order valence-electron chi connectivity index (χ3n) is 4.69. The maximum atomic E-state index is 12.8. The summed E-state index contributed by atoms with van der Waals surface area (Å²) in [6, 6.07) is -0.485. The van der Waals surface area contributed by atoms with Gasteiger partial charge in [-0.2, -0.15) is 18.3 Å². The number of H-pyrrole nitrogens is 1. The highest BCUT2D eigenvalue weighted by Gasteiger charge is 2.35. The number of hydrogen-bond acceptors (Lipinski definition) is 4. The van der Waals surface area contributed by atoms with Crippen LogP contribution in [0.1, 0.15) is 41.9 Å². The minimum Gasteiger partial charge on any atom is -0.341 e. The Labute approximate surface area is 148 Å². The average Bonchev–Trinajstić information content (AvgIpc) is 3.25. The van der Waals surface area contributed by atoms with Gasteiger partial charge >= 0.3 is 6.18 Å². The molecule has 0 radical (unpaired) electrons. The van der Waals surface area contributed by atoms with E-state index in [1.54, 1.807) is 36.1 Å². The lowest BCUT2D eigenvalue weighted by atomic mass is 9.95. The SMILES string of the molecule is CNC(C(=O)N1CCC(c2ncc(C(F)(F)F)[nH]2)CC1)c1cnn(C)c1. The summed E-state index contributed by atoms with van der Waals surface area (Å²) >= 11 is 0. The number of halogens is 3. The first-order valence-corrected chi connectivity index (χ1v) is 8.36. The third-order valence-corrected chi connectivity index (χ3v) is 4.69. The Bertz CT molecular complexity index is 760. The van der Waals surface area contributed by atoms with Gasteiger partial charge < -0.3 is 15.2 Å². The lowest BCUT2D eigenvalue weighted by Crippen LogP contribution is -2.43. The molecule has 2 N–H and O–H groups in total. The summed E-state index contributed by atoms with van der Waals surface area (Å²) in [6.07, 6.45) is 0.971. The van der Waals surface area contributed by atoms with Crippen molar-refractivity contribution in [3.05, 3.63) is 35.7 Å². The van der Waals surface area contributed by atoms with E-state index in [0.29, 0.717) is 31.8 Å². The minimum absolute atomic E-state index is 0.0608. The zero-order chi connectivity index (χ0) is 18.9. The first-order chi connectivity index (χ1) is 12.3. The summed E-state index contributed by atoms with van der Waals surface area (Å²) in [5.41, 5.74) is -0.0548. The van der Waals surface area contributed by atoms with E-state index in [1.807, 2.05) is 0 Å². The Kier molecular flexibility index (Phi) is 5.03. The molecule has 1 amide bonds. The van der Waals surface area contributed by atoms with Crippen molar-refractivity contribution in [2.45, 2.75) is 31.0 Å². The molecule has 1 aliphatic heterocycles. The van der Waals surface area contributed by atoms with Crippen LogP contribution in [0.15, 0.2) is 18.6 Å². The summed E-state index contributed by atoms with van der Waals surface area (Å²) in [6.45, 7) is 0.952. The molecule has 1 unspecified atom stereocenters. The van der Waals surface area contributed by atoms with Gasteiger partial charge in [-0.05, 0) is 19.9 Å². The van der Waals surface area contributed by atoms with Crippen LogP contribution in [0, 0.1) is 0 Å². The van der Waals surface area contributed by atoms with Crippen LogP contribution >= 0.6 is 0 Å². The molecule has 1 aliphatic rings. The van der Waals surface area contributed by atoms with E-state index >= 15 is 0 Å². The van der Waals surface area contributed by atoms with E-state index in [2.05, 4.69) is 20.4 Å². The summed E-state index contributed by atoms with van der Waals surface area (Å²) < 4.78 is 39.7. The Balaban J connectivity index is 1.62. The van der Waals surface area contributed by atoms with Gasteiger partial charge in [-0.1, -0.05) is 0 Å². The molecule has 1 fully saturated rings. The number of aromatic nitrogens is 4. The van der Waals surface area contributed by atoms with Crippen LogP contribution in [-0.2, 0) is 18.0 Å². The van der Waals surface area contributed by atoms with Gasteiger partial charge in [0, 0.05) is 37.8 Å². The van der Waals surface area contributed by atoms with Gasteiger partial charge in [0.2, 0.25) is 5.91 Å². The van der Waals surface area contributed by atoms with Crippen LogP contribution in [0.2, 0.25) is 0 Å². The molecule has 7 nitrogen and oxygen atoms in total. The molecule has 26 heavy (non-hydrogen) atoms. The molecule has 3 rings (SSSR count). The van der Waals surface area contributed by atoms with E-state index in [0.717, 1.165) is 11.8 Å². The number of nitrogens with one attached hydrogen (secondary N) is 2. The predicted octanol–water partition coefficient (Wildman–Crippen LogP) is 1.83. The van der Waals surface area contributed by atoms with Gasteiger partial charge in [0.25, 0.3) is 0 Å². The first kappa shape index (κ1) is 18.4. The number of amides is 1. The maximum Gasteiger partial charge on any atom is 0.432 e. The predicted molar refractivity (Wildman–Crippen MR) is 87.2 cm³/mol. The van der Waals surface area contributed by atoms with Gasteiger partial charge in [-0.25, -0.2) is 4.98 Å². The second-order valence-corrected chi connectivity index (χ2v) is 6.45. The Morgan fingerprint density at radius 1 is 1.35 bits per heavy atom. The van der Waals surface area contributed by atoms with E-state index in [-0.39, 0.29) is 11.8 Å². The molecule has 1 atom stereocenters. The number of alkyl halides is 3. The van der Waals surface area contributed by atoms with Crippen molar-refractivity contribution < 1.29 is 18.0 Å². The maximum absolute atomic E-state index is 12.8. The molecule has 1 saturated heterocycles. The van der Waals surface area contributed by atoms with Crippen LogP contribution in [0.3, 0.4) is 0 Å².